The molecule has 0 spiro atoms. The molecule has 290 valence electrons. The van der Waals surface area contributed by atoms with E-state index in [2.05, 4.69) is 130 Å². The SMILES string of the molecule is CCOC(=O)/C(=C/c1c(C)c(/C=C/c2ccc(N(CC)CC)cc2)cc(/C=C/c2ccc(N(CC)CC)cc2)c1C)C(C(=O)O)=C1C2CC3CC(C2)CC1C3. The van der Waals surface area contributed by atoms with Gasteiger partial charge in [-0.2, -0.15) is 0 Å². The molecule has 4 fully saturated rings. The van der Waals surface area contributed by atoms with Gasteiger partial charge < -0.3 is 19.6 Å². The van der Waals surface area contributed by atoms with Crippen LogP contribution in [-0.2, 0) is 14.3 Å². The predicted octanol–water partition coefficient (Wildman–Crippen LogP) is 11.1. The maximum absolute atomic E-state index is 14.0. The van der Waals surface area contributed by atoms with Gasteiger partial charge in [-0.3, -0.25) is 0 Å². The van der Waals surface area contributed by atoms with Crippen molar-refractivity contribution in [1.82, 2.24) is 0 Å². The topological polar surface area (TPSA) is 70.1 Å². The zero-order valence-corrected chi connectivity index (χ0v) is 34.0. The fourth-order valence-electron chi connectivity index (χ4n) is 9.76. The van der Waals surface area contributed by atoms with E-state index in [1.54, 1.807) is 6.92 Å². The number of carbonyl (C=O) groups excluding carboxylic acids is 1. The van der Waals surface area contributed by atoms with Gasteiger partial charge >= 0.3 is 11.9 Å². The van der Waals surface area contributed by atoms with E-state index < -0.39 is 11.9 Å². The molecular weight excluding hydrogens is 681 g/mol. The van der Waals surface area contributed by atoms with Gasteiger partial charge in [0.05, 0.1) is 17.8 Å². The molecule has 0 aromatic heterocycles. The number of esters is 1. The Morgan fingerprint density at radius 3 is 1.49 bits per heavy atom. The zero-order valence-electron chi connectivity index (χ0n) is 34.0. The quantitative estimate of drug-likeness (QED) is 0.0950. The zero-order chi connectivity index (χ0) is 39.2. The van der Waals surface area contributed by atoms with Gasteiger partial charge in [0.15, 0.2) is 0 Å². The number of ether oxygens (including phenoxy) is 1. The first kappa shape index (κ1) is 39.8. The summed E-state index contributed by atoms with van der Waals surface area (Å²) in [4.78, 5) is 32.0. The van der Waals surface area contributed by atoms with E-state index in [1.807, 2.05) is 6.08 Å². The molecule has 6 nitrogen and oxygen atoms in total. The number of nitrogens with zero attached hydrogens (tertiary/aromatic N) is 2. The van der Waals surface area contributed by atoms with Crippen molar-refractivity contribution in [2.45, 2.75) is 80.6 Å². The number of anilines is 2. The van der Waals surface area contributed by atoms with Gasteiger partial charge in [0.2, 0.25) is 0 Å². The third-order valence-electron chi connectivity index (χ3n) is 12.5. The normalized spacial score (nSPS) is 20.4. The number of hydrogen-bond acceptors (Lipinski definition) is 5. The number of hydrogen-bond donors (Lipinski definition) is 1. The Hall–Kier alpha value is -4.84. The summed E-state index contributed by atoms with van der Waals surface area (Å²) in [7, 11) is 0. The lowest BCUT2D eigenvalue weighted by Crippen LogP contribution is -2.41. The average molecular weight is 741 g/mol. The van der Waals surface area contributed by atoms with E-state index in [0.29, 0.717) is 11.8 Å². The first-order valence-electron chi connectivity index (χ1n) is 20.7. The third-order valence-corrected chi connectivity index (χ3v) is 12.5. The van der Waals surface area contributed by atoms with Crippen LogP contribution in [0.1, 0.15) is 106 Å². The van der Waals surface area contributed by atoms with Crippen molar-refractivity contribution in [1.29, 1.82) is 0 Å². The minimum absolute atomic E-state index is 0.165. The molecule has 55 heavy (non-hydrogen) atoms. The molecule has 0 unspecified atom stereocenters. The Kier molecular flexibility index (Phi) is 12.9. The molecule has 6 heteroatoms. The minimum Gasteiger partial charge on any atom is -0.478 e. The Morgan fingerprint density at radius 1 is 0.673 bits per heavy atom. The van der Waals surface area contributed by atoms with Crippen molar-refractivity contribution in [2.75, 3.05) is 42.6 Å². The van der Waals surface area contributed by atoms with Crippen molar-refractivity contribution in [3.63, 3.8) is 0 Å². The Balaban J connectivity index is 1.48. The van der Waals surface area contributed by atoms with Gasteiger partial charge in [-0.15, -0.1) is 0 Å². The molecule has 0 saturated heterocycles. The highest BCUT2D eigenvalue weighted by atomic mass is 16.5. The molecule has 0 radical (unpaired) electrons. The van der Waals surface area contributed by atoms with Gasteiger partial charge in [0.1, 0.15) is 0 Å². The molecule has 4 bridgehead atoms. The second-order valence-electron chi connectivity index (χ2n) is 15.6. The average Bonchev–Trinajstić information content (AvgIpc) is 3.17. The maximum atomic E-state index is 14.0. The molecule has 4 saturated carbocycles. The van der Waals surface area contributed by atoms with E-state index in [4.69, 9.17) is 4.74 Å². The molecular formula is C49H60N2O4. The second kappa shape index (κ2) is 17.7. The van der Waals surface area contributed by atoms with Crippen molar-refractivity contribution >= 4 is 53.7 Å². The number of allylic oxidation sites excluding steroid dienone is 1. The first-order chi connectivity index (χ1) is 26.6. The summed E-state index contributed by atoms with van der Waals surface area (Å²) in [5, 5.41) is 10.9. The van der Waals surface area contributed by atoms with Crippen LogP contribution >= 0.6 is 0 Å². The molecule has 0 aliphatic heterocycles. The molecule has 3 aromatic rings. The lowest BCUT2D eigenvalue weighted by molar-refractivity contribution is -0.140. The smallest absolute Gasteiger partial charge is 0.339 e. The van der Waals surface area contributed by atoms with E-state index in [-0.39, 0.29) is 29.6 Å². The predicted molar refractivity (Wildman–Crippen MR) is 230 cm³/mol. The van der Waals surface area contributed by atoms with Crippen molar-refractivity contribution < 1.29 is 19.4 Å². The highest BCUT2D eigenvalue weighted by Gasteiger charge is 2.47. The Morgan fingerprint density at radius 2 is 1.11 bits per heavy atom. The molecule has 0 atom stereocenters. The van der Waals surface area contributed by atoms with Crippen molar-refractivity contribution in [3.8, 4) is 0 Å². The summed E-state index contributed by atoms with van der Waals surface area (Å²) in [5.41, 5.74) is 10.7. The number of carboxylic acid groups (broad SMARTS) is 1. The summed E-state index contributed by atoms with van der Waals surface area (Å²) in [6.45, 7) is 18.6. The van der Waals surface area contributed by atoms with Crippen LogP contribution in [0.15, 0.2) is 71.3 Å². The van der Waals surface area contributed by atoms with Crippen LogP contribution in [0.5, 0.6) is 0 Å². The van der Waals surface area contributed by atoms with Gasteiger partial charge in [0.25, 0.3) is 0 Å². The van der Waals surface area contributed by atoms with Crippen molar-refractivity contribution in [2.24, 2.45) is 23.7 Å². The third kappa shape index (κ3) is 8.69. The minimum atomic E-state index is -1.03. The van der Waals surface area contributed by atoms with Gasteiger partial charge in [-0.05, 0) is 185 Å². The van der Waals surface area contributed by atoms with Crippen LogP contribution in [0.25, 0.3) is 30.4 Å². The molecule has 0 amide bonds. The molecule has 7 rings (SSSR count). The molecule has 4 aliphatic carbocycles. The number of rotatable bonds is 15. The summed E-state index contributed by atoms with van der Waals surface area (Å²) in [5.74, 6) is 0.169. The van der Waals surface area contributed by atoms with Gasteiger partial charge in [-0.25, -0.2) is 9.59 Å². The lowest BCUT2D eigenvalue weighted by atomic mass is 9.53. The fourth-order valence-corrected chi connectivity index (χ4v) is 9.76. The van der Waals surface area contributed by atoms with Crippen molar-refractivity contribution in [3.05, 3.63) is 110 Å². The van der Waals surface area contributed by atoms with Crippen LogP contribution in [0.2, 0.25) is 0 Å². The van der Waals surface area contributed by atoms with E-state index in [0.717, 1.165) is 96.4 Å². The number of carbonyl (C=O) groups is 2. The monoisotopic (exact) mass is 740 g/mol. The lowest BCUT2D eigenvalue weighted by Gasteiger charge is -2.52. The summed E-state index contributed by atoms with van der Waals surface area (Å²) in [6, 6.07) is 19.4. The number of aliphatic carboxylic acids is 1. The highest BCUT2D eigenvalue weighted by Crippen LogP contribution is 2.57. The summed E-state index contributed by atoms with van der Waals surface area (Å²) in [6.07, 6.45) is 15.7. The first-order valence-corrected chi connectivity index (χ1v) is 20.7. The van der Waals surface area contributed by atoms with Crippen LogP contribution in [0.3, 0.4) is 0 Å². The number of benzene rings is 3. The molecule has 3 aromatic carbocycles. The number of carboxylic acids is 1. The van der Waals surface area contributed by atoms with E-state index in [1.165, 1.54) is 17.8 Å². The molecule has 1 N–H and O–H groups in total. The fraction of sp³-hybridized carbons (Fsp3) is 0.429. The standard InChI is InChI=1S/C49H60N2O4/c1-8-50(9-2)42-21-15-34(16-22-42)13-19-38-30-39(20-14-35-17-23-43(24-18-35)51(10-3)11-4)33(7)44(32(38)6)31-45(49(54)55-12-5)47(48(52)53)46-40-26-36-25-37(28-40)29-41(46)27-36/h13-24,30-31,36-37,40-41H,8-12,25-29H2,1-7H3,(H,52,53)/b19-13+,20-14+,45-31+,47-46?. The summed E-state index contributed by atoms with van der Waals surface area (Å²) >= 11 is 0. The van der Waals surface area contributed by atoms with Crippen LogP contribution in [-0.4, -0.2) is 49.8 Å². The highest BCUT2D eigenvalue weighted by molar-refractivity contribution is 6.10. The summed E-state index contributed by atoms with van der Waals surface area (Å²) < 4.78 is 5.65. The van der Waals surface area contributed by atoms with Gasteiger partial charge in [0, 0.05) is 37.6 Å². The van der Waals surface area contributed by atoms with Crippen LogP contribution in [0, 0.1) is 37.5 Å². The largest absolute Gasteiger partial charge is 0.478 e. The van der Waals surface area contributed by atoms with E-state index >= 15 is 0 Å². The van der Waals surface area contributed by atoms with E-state index in [9.17, 15) is 14.7 Å². The van der Waals surface area contributed by atoms with Crippen LogP contribution in [0.4, 0.5) is 11.4 Å². The second-order valence-corrected chi connectivity index (χ2v) is 15.6. The van der Waals surface area contributed by atoms with Crippen LogP contribution < -0.4 is 9.80 Å². The molecule has 0 heterocycles. The van der Waals surface area contributed by atoms with Gasteiger partial charge in [-0.1, -0.05) is 48.6 Å². The molecule has 4 aliphatic rings. The Bertz CT molecular complexity index is 1850. The maximum Gasteiger partial charge on any atom is 0.339 e. The Labute approximate surface area is 329 Å².